The molecule has 0 radical (unpaired) electrons. The second-order valence-electron chi connectivity index (χ2n) is 12.6. The van der Waals surface area contributed by atoms with Crippen LogP contribution < -0.4 is 14.4 Å². The van der Waals surface area contributed by atoms with Gasteiger partial charge in [-0.25, -0.2) is 13.1 Å². The van der Waals surface area contributed by atoms with Gasteiger partial charge in [-0.1, -0.05) is 48.3 Å². The van der Waals surface area contributed by atoms with E-state index in [0.29, 0.717) is 50.0 Å². The standard InChI is InChI=1S/C33H40Cl2N2O5S/c1-3-24-8-4-5-9-30(41-2)25-12-10-22(25)18-37-19-33(14-6-7-21-15-23(34)11-13-27(21)33)20-42-31-17-28(35)26(16-29(31)37)32(38)36-43(24,39)40/h5,9,11,13,15-17,22,24-25,30H,3-4,6-8,10,12,14,18-20H2,1-2H3,(H,36,38)/b9-5-/t22-,24+,25+,30-,33-/m0/s1. The number of allylic oxidation sites excluding steroid dienone is 1. The van der Waals surface area contributed by atoms with Crippen LogP contribution in [0.5, 0.6) is 5.75 Å². The Morgan fingerprint density at radius 1 is 1.16 bits per heavy atom. The fourth-order valence-electron chi connectivity index (χ4n) is 7.60. The van der Waals surface area contributed by atoms with Gasteiger partial charge in [-0.15, -0.1) is 0 Å². The van der Waals surface area contributed by atoms with Crippen LogP contribution in [0, 0.1) is 11.8 Å². The van der Waals surface area contributed by atoms with Crippen molar-refractivity contribution in [3.05, 3.63) is 69.2 Å². The first-order valence-corrected chi connectivity index (χ1v) is 17.7. The zero-order valence-corrected chi connectivity index (χ0v) is 27.1. The first-order valence-electron chi connectivity index (χ1n) is 15.4. The minimum Gasteiger partial charge on any atom is -0.490 e. The normalized spacial score (nSPS) is 31.1. The van der Waals surface area contributed by atoms with E-state index in [4.69, 9.17) is 32.7 Å². The Balaban J connectivity index is 1.45. The van der Waals surface area contributed by atoms with Crippen LogP contribution in [0.3, 0.4) is 0 Å². The molecule has 10 heteroatoms. The van der Waals surface area contributed by atoms with Gasteiger partial charge in [0.2, 0.25) is 10.0 Å². The number of ether oxygens (including phenoxy) is 2. The summed E-state index contributed by atoms with van der Waals surface area (Å²) in [5, 5.41) is 0.194. The van der Waals surface area contributed by atoms with Gasteiger partial charge in [0.15, 0.2) is 0 Å². The monoisotopic (exact) mass is 646 g/mol. The summed E-state index contributed by atoms with van der Waals surface area (Å²) in [5.41, 5.74) is 3.13. The van der Waals surface area contributed by atoms with Gasteiger partial charge in [0.1, 0.15) is 5.75 Å². The molecule has 2 heterocycles. The third kappa shape index (κ3) is 5.92. The molecule has 1 saturated carbocycles. The van der Waals surface area contributed by atoms with Crippen LogP contribution in [0.25, 0.3) is 0 Å². The summed E-state index contributed by atoms with van der Waals surface area (Å²) in [4.78, 5) is 15.9. The van der Waals surface area contributed by atoms with Crippen molar-refractivity contribution in [2.45, 2.75) is 75.1 Å². The lowest BCUT2D eigenvalue weighted by Gasteiger charge is -2.46. The molecule has 2 aromatic rings. The Kier molecular flexibility index (Phi) is 8.77. The summed E-state index contributed by atoms with van der Waals surface area (Å²) in [6, 6.07) is 9.58. The Bertz CT molecular complexity index is 1530. The highest BCUT2D eigenvalue weighted by Gasteiger charge is 2.44. The summed E-state index contributed by atoms with van der Waals surface area (Å²) in [6.07, 6.45) is 10.6. The van der Waals surface area contributed by atoms with Crippen LogP contribution >= 0.6 is 23.2 Å². The maximum absolute atomic E-state index is 13.5. The van der Waals surface area contributed by atoms with E-state index in [1.54, 1.807) is 19.2 Å². The Morgan fingerprint density at radius 2 is 2.00 bits per heavy atom. The third-order valence-corrected chi connectivity index (χ3v) is 12.6. The van der Waals surface area contributed by atoms with Crippen LogP contribution in [0.15, 0.2) is 42.5 Å². The highest BCUT2D eigenvalue weighted by Crippen LogP contribution is 2.47. The molecule has 0 saturated heterocycles. The van der Waals surface area contributed by atoms with Crippen LogP contribution in [0.2, 0.25) is 10.0 Å². The van der Waals surface area contributed by atoms with Crippen LogP contribution in [0.1, 0.15) is 73.4 Å². The van der Waals surface area contributed by atoms with Gasteiger partial charge in [-0.05, 0) is 92.5 Å². The lowest BCUT2D eigenvalue weighted by atomic mass is 9.68. The number of anilines is 1. The van der Waals surface area contributed by atoms with Gasteiger partial charge in [-0.3, -0.25) is 4.79 Å². The van der Waals surface area contributed by atoms with Gasteiger partial charge in [0, 0.05) is 36.7 Å². The van der Waals surface area contributed by atoms with Crippen molar-refractivity contribution in [3.63, 3.8) is 0 Å². The molecule has 7 nitrogen and oxygen atoms in total. The molecule has 2 aromatic carbocycles. The number of rotatable bonds is 2. The molecule has 4 aliphatic rings. The number of carbonyl (C=O) groups is 1. The SMILES string of the molecule is CC[C@@H]1CC/C=C\[C@H](OC)[C@@H]2CC[C@H]2CN2C[C@@]3(CCCc4cc(Cl)ccc43)COc3cc(Cl)c(cc32)C(=O)NS1(=O)=O. The van der Waals surface area contributed by atoms with E-state index in [9.17, 15) is 13.2 Å². The van der Waals surface area contributed by atoms with Crippen molar-refractivity contribution in [2.75, 3.05) is 31.7 Å². The van der Waals surface area contributed by atoms with Crippen molar-refractivity contribution in [2.24, 2.45) is 11.8 Å². The molecule has 43 heavy (non-hydrogen) atoms. The molecule has 0 aromatic heterocycles. The average Bonchev–Trinajstić information content (AvgIpc) is 3.10. The highest BCUT2D eigenvalue weighted by atomic mass is 35.5. The minimum absolute atomic E-state index is 0.0435. The first-order chi connectivity index (χ1) is 20.6. The molecule has 1 spiro atoms. The smallest absolute Gasteiger partial charge is 0.266 e. The lowest BCUT2D eigenvalue weighted by Crippen LogP contribution is -2.49. The molecular weight excluding hydrogens is 607 g/mol. The molecule has 2 bridgehead atoms. The van der Waals surface area contributed by atoms with Gasteiger partial charge in [-0.2, -0.15) is 0 Å². The molecule has 1 N–H and O–H groups in total. The second-order valence-corrected chi connectivity index (χ2v) is 15.4. The number of methoxy groups -OCH3 is 1. The fraction of sp³-hybridized carbons (Fsp3) is 0.545. The number of sulfonamides is 1. The third-order valence-electron chi connectivity index (χ3n) is 10.1. The summed E-state index contributed by atoms with van der Waals surface area (Å²) >= 11 is 13.1. The van der Waals surface area contributed by atoms with Crippen LogP contribution in [-0.4, -0.2) is 52.5 Å². The summed E-state index contributed by atoms with van der Waals surface area (Å²) in [6.45, 7) is 3.75. The molecule has 6 rings (SSSR count). The minimum atomic E-state index is -3.92. The largest absolute Gasteiger partial charge is 0.490 e. The average molecular weight is 648 g/mol. The van der Waals surface area contributed by atoms with Gasteiger partial charge >= 0.3 is 0 Å². The number of carbonyl (C=O) groups excluding carboxylic acids is 1. The van der Waals surface area contributed by atoms with E-state index in [1.807, 2.05) is 19.1 Å². The topological polar surface area (TPSA) is 84.9 Å². The quantitative estimate of drug-likeness (QED) is 0.366. The Labute approximate surface area is 265 Å². The highest BCUT2D eigenvalue weighted by molar-refractivity contribution is 7.90. The van der Waals surface area contributed by atoms with E-state index in [-0.39, 0.29) is 22.1 Å². The van der Waals surface area contributed by atoms with Crippen molar-refractivity contribution >= 4 is 44.8 Å². The lowest BCUT2D eigenvalue weighted by molar-refractivity contribution is 0.0132. The number of fused-ring (bicyclic) bond motifs is 4. The van der Waals surface area contributed by atoms with Crippen molar-refractivity contribution in [3.8, 4) is 5.75 Å². The predicted molar refractivity (Wildman–Crippen MR) is 171 cm³/mol. The van der Waals surface area contributed by atoms with Crippen LogP contribution in [-0.2, 0) is 26.6 Å². The van der Waals surface area contributed by atoms with E-state index in [0.717, 1.165) is 49.4 Å². The zero-order valence-electron chi connectivity index (χ0n) is 24.8. The molecular formula is C33H40Cl2N2O5S. The number of amides is 1. The summed E-state index contributed by atoms with van der Waals surface area (Å²) in [7, 11) is -2.17. The van der Waals surface area contributed by atoms with Crippen molar-refractivity contribution < 1.29 is 22.7 Å². The fourth-order valence-corrected chi connectivity index (χ4v) is 9.45. The van der Waals surface area contributed by atoms with Gasteiger partial charge < -0.3 is 14.4 Å². The molecule has 2 aliphatic heterocycles. The van der Waals surface area contributed by atoms with E-state index in [2.05, 4.69) is 27.8 Å². The van der Waals surface area contributed by atoms with Crippen LogP contribution in [0.4, 0.5) is 5.69 Å². The van der Waals surface area contributed by atoms with E-state index in [1.165, 1.54) is 11.1 Å². The Morgan fingerprint density at radius 3 is 2.74 bits per heavy atom. The Hall–Kier alpha value is -2.26. The molecule has 0 unspecified atom stereocenters. The number of benzene rings is 2. The van der Waals surface area contributed by atoms with Gasteiger partial charge in [0.25, 0.3) is 5.91 Å². The number of hydrogen-bond donors (Lipinski definition) is 1. The number of hydrogen-bond acceptors (Lipinski definition) is 6. The van der Waals surface area contributed by atoms with Crippen molar-refractivity contribution in [1.29, 1.82) is 0 Å². The second kappa shape index (κ2) is 12.3. The molecule has 5 atom stereocenters. The molecule has 1 amide bonds. The predicted octanol–water partition coefficient (Wildman–Crippen LogP) is 6.70. The number of nitrogens with zero attached hydrogens (tertiary/aromatic N) is 1. The first kappa shape index (κ1) is 30.8. The maximum Gasteiger partial charge on any atom is 0.266 e. The van der Waals surface area contributed by atoms with E-state index >= 15 is 0 Å². The summed E-state index contributed by atoms with van der Waals surface area (Å²) in [5.74, 6) is 0.617. The number of halogens is 2. The molecule has 232 valence electrons. The van der Waals surface area contributed by atoms with Crippen molar-refractivity contribution in [1.82, 2.24) is 4.72 Å². The number of nitrogens with one attached hydrogen (secondary N) is 1. The molecule has 2 aliphatic carbocycles. The van der Waals surface area contributed by atoms with E-state index < -0.39 is 21.2 Å². The molecule has 1 fully saturated rings. The zero-order chi connectivity index (χ0) is 30.4. The number of aryl methyl sites for hydroxylation is 1. The maximum atomic E-state index is 13.5. The van der Waals surface area contributed by atoms with Gasteiger partial charge in [0.05, 0.1) is 34.2 Å². The summed E-state index contributed by atoms with van der Waals surface area (Å²) < 4.78 is 41.4.